The van der Waals surface area contributed by atoms with Crippen LogP contribution in [0.3, 0.4) is 0 Å². The summed E-state index contributed by atoms with van der Waals surface area (Å²) in [5.74, 6) is 1.13. The SMILES string of the molecule is CCOCCC1CCOC12CCN(C(=O)c1cc(OC)ccc1Cl)CC2. The van der Waals surface area contributed by atoms with Crippen LogP contribution in [0.1, 0.15) is 43.0 Å². The first-order valence-corrected chi connectivity index (χ1v) is 9.82. The number of carbonyl (C=O) groups excluding carboxylic acids is 1. The van der Waals surface area contributed by atoms with Gasteiger partial charge in [0.15, 0.2) is 0 Å². The van der Waals surface area contributed by atoms with Crippen LogP contribution in [0.5, 0.6) is 5.75 Å². The lowest BCUT2D eigenvalue weighted by molar-refractivity contribution is -0.0669. The number of piperidine rings is 1. The molecule has 2 fully saturated rings. The van der Waals surface area contributed by atoms with Gasteiger partial charge in [-0.2, -0.15) is 0 Å². The maximum absolute atomic E-state index is 12.9. The molecule has 1 amide bonds. The minimum Gasteiger partial charge on any atom is -0.497 e. The van der Waals surface area contributed by atoms with Gasteiger partial charge in [0.05, 0.1) is 23.3 Å². The van der Waals surface area contributed by atoms with E-state index in [-0.39, 0.29) is 11.5 Å². The van der Waals surface area contributed by atoms with Crippen LogP contribution >= 0.6 is 11.6 Å². The molecular weight excluding hydrogens is 354 g/mol. The number of hydrogen-bond donors (Lipinski definition) is 0. The van der Waals surface area contributed by atoms with Gasteiger partial charge < -0.3 is 19.1 Å². The molecule has 2 aliphatic rings. The molecule has 6 heteroatoms. The van der Waals surface area contributed by atoms with E-state index in [9.17, 15) is 4.79 Å². The number of hydrogen-bond acceptors (Lipinski definition) is 4. The molecule has 3 rings (SSSR count). The lowest BCUT2D eigenvalue weighted by Crippen LogP contribution is -2.49. The van der Waals surface area contributed by atoms with Gasteiger partial charge in [0, 0.05) is 32.9 Å². The predicted octanol–water partition coefficient (Wildman–Crippen LogP) is 3.79. The van der Waals surface area contributed by atoms with Crippen LogP contribution in [0.2, 0.25) is 5.02 Å². The first kappa shape index (κ1) is 19.5. The first-order valence-electron chi connectivity index (χ1n) is 9.44. The van der Waals surface area contributed by atoms with Crippen molar-refractivity contribution in [3.8, 4) is 5.75 Å². The topological polar surface area (TPSA) is 48.0 Å². The Balaban J connectivity index is 1.63. The fourth-order valence-electron chi connectivity index (χ4n) is 4.17. The number of methoxy groups -OCH3 is 1. The quantitative estimate of drug-likeness (QED) is 0.703. The number of ether oxygens (including phenoxy) is 3. The number of amides is 1. The van der Waals surface area contributed by atoms with E-state index in [1.807, 2.05) is 11.8 Å². The van der Waals surface area contributed by atoms with Gasteiger partial charge in [-0.15, -0.1) is 0 Å². The van der Waals surface area contributed by atoms with Crippen LogP contribution in [0.4, 0.5) is 0 Å². The van der Waals surface area contributed by atoms with Crippen molar-refractivity contribution < 1.29 is 19.0 Å². The molecule has 1 unspecified atom stereocenters. The Kier molecular flexibility index (Phi) is 6.43. The van der Waals surface area contributed by atoms with E-state index in [1.165, 1.54) is 0 Å². The van der Waals surface area contributed by atoms with Crippen LogP contribution in [-0.4, -0.2) is 56.4 Å². The average molecular weight is 382 g/mol. The number of rotatable bonds is 6. The summed E-state index contributed by atoms with van der Waals surface area (Å²) in [4.78, 5) is 14.8. The number of nitrogens with zero attached hydrogens (tertiary/aromatic N) is 1. The highest BCUT2D eigenvalue weighted by Gasteiger charge is 2.46. The van der Waals surface area contributed by atoms with Crippen LogP contribution in [0, 0.1) is 5.92 Å². The zero-order valence-electron chi connectivity index (χ0n) is 15.6. The summed E-state index contributed by atoms with van der Waals surface area (Å²) in [6.45, 7) is 5.76. The van der Waals surface area contributed by atoms with Crippen LogP contribution in [0.25, 0.3) is 0 Å². The van der Waals surface area contributed by atoms with Crippen molar-refractivity contribution in [1.82, 2.24) is 4.90 Å². The van der Waals surface area contributed by atoms with E-state index in [2.05, 4.69) is 0 Å². The summed E-state index contributed by atoms with van der Waals surface area (Å²) in [6, 6.07) is 5.19. The van der Waals surface area contributed by atoms with Gasteiger partial charge in [-0.25, -0.2) is 0 Å². The standard InChI is InChI=1S/C20H28ClNO4/c1-3-25-12-6-15-7-13-26-20(15)8-10-22(11-9-20)19(23)17-14-16(24-2)4-5-18(17)21/h4-5,14-15H,3,6-13H2,1-2H3. The molecule has 0 saturated carbocycles. The largest absolute Gasteiger partial charge is 0.497 e. The van der Waals surface area contributed by atoms with Crippen LogP contribution < -0.4 is 4.74 Å². The fraction of sp³-hybridized carbons (Fsp3) is 0.650. The molecule has 0 aliphatic carbocycles. The van der Waals surface area contributed by atoms with E-state index < -0.39 is 0 Å². The highest BCUT2D eigenvalue weighted by Crippen LogP contribution is 2.42. The van der Waals surface area contributed by atoms with Gasteiger partial charge in [0.1, 0.15) is 5.75 Å². The summed E-state index contributed by atoms with van der Waals surface area (Å²) in [7, 11) is 1.59. The summed E-state index contributed by atoms with van der Waals surface area (Å²) >= 11 is 6.24. The Morgan fingerprint density at radius 2 is 2.15 bits per heavy atom. The van der Waals surface area contributed by atoms with E-state index in [4.69, 9.17) is 25.8 Å². The summed E-state index contributed by atoms with van der Waals surface area (Å²) < 4.78 is 16.9. The number of benzene rings is 1. The predicted molar refractivity (Wildman–Crippen MR) is 101 cm³/mol. The van der Waals surface area contributed by atoms with Crippen molar-refractivity contribution in [3.63, 3.8) is 0 Å². The van der Waals surface area contributed by atoms with E-state index in [1.54, 1.807) is 25.3 Å². The molecule has 1 aromatic carbocycles. The molecule has 144 valence electrons. The van der Waals surface area contributed by atoms with Crippen LogP contribution in [-0.2, 0) is 9.47 Å². The second-order valence-corrected chi connectivity index (χ2v) is 7.43. The van der Waals surface area contributed by atoms with Crippen molar-refractivity contribution >= 4 is 17.5 Å². The van der Waals surface area contributed by atoms with Crippen molar-refractivity contribution in [2.75, 3.05) is 40.0 Å². The molecule has 1 spiro atoms. The van der Waals surface area contributed by atoms with Crippen molar-refractivity contribution in [2.45, 2.75) is 38.2 Å². The number of halogens is 1. The maximum Gasteiger partial charge on any atom is 0.255 e. The van der Waals surface area contributed by atoms with Gasteiger partial charge in [0.25, 0.3) is 5.91 Å². The third-order valence-electron chi connectivity index (χ3n) is 5.72. The zero-order valence-corrected chi connectivity index (χ0v) is 16.4. The number of carbonyl (C=O) groups is 1. The smallest absolute Gasteiger partial charge is 0.255 e. The van der Waals surface area contributed by atoms with Crippen molar-refractivity contribution in [1.29, 1.82) is 0 Å². The zero-order chi connectivity index (χ0) is 18.6. The van der Waals surface area contributed by atoms with E-state index >= 15 is 0 Å². The van der Waals surface area contributed by atoms with E-state index in [0.29, 0.717) is 35.3 Å². The van der Waals surface area contributed by atoms with Crippen molar-refractivity contribution in [3.05, 3.63) is 28.8 Å². The Hall–Kier alpha value is -1.30. The highest BCUT2D eigenvalue weighted by molar-refractivity contribution is 6.33. The monoisotopic (exact) mass is 381 g/mol. The molecule has 2 saturated heterocycles. The molecule has 0 radical (unpaired) electrons. The van der Waals surface area contributed by atoms with Gasteiger partial charge in [-0.3, -0.25) is 4.79 Å². The molecule has 2 heterocycles. The summed E-state index contributed by atoms with van der Waals surface area (Å²) in [5, 5.41) is 0.461. The molecule has 5 nitrogen and oxygen atoms in total. The summed E-state index contributed by atoms with van der Waals surface area (Å²) in [5.41, 5.74) is 0.411. The van der Waals surface area contributed by atoms with E-state index in [0.717, 1.165) is 45.5 Å². The van der Waals surface area contributed by atoms with Crippen molar-refractivity contribution in [2.24, 2.45) is 5.92 Å². The Morgan fingerprint density at radius 1 is 1.38 bits per heavy atom. The van der Waals surface area contributed by atoms with Gasteiger partial charge >= 0.3 is 0 Å². The molecule has 26 heavy (non-hydrogen) atoms. The number of likely N-dealkylation sites (tertiary alicyclic amines) is 1. The normalized spacial score (nSPS) is 22.0. The van der Waals surface area contributed by atoms with Gasteiger partial charge in [-0.05, 0) is 56.7 Å². The minimum atomic E-state index is -0.0912. The first-order chi connectivity index (χ1) is 12.6. The molecular formula is C20H28ClNO4. The van der Waals surface area contributed by atoms with Crippen LogP contribution in [0.15, 0.2) is 18.2 Å². The fourth-order valence-corrected chi connectivity index (χ4v) is 4.37. The summed E-state index contributed by atoms with van der Waals surface area (Å²) in [6.07, 6.45) is 3.86. The molecule has 0 N–H and O–H groups in total. The molecule has 0 bridgehead atoms. The van der Waals surface area contributed by atoms with Gasteiger partial charge in [0.2, 0.25) is 0 Å². The third kappa shape index (κ3) is 4.00. The molecule has 2 aliphatic heterocycles. The lowest BCUT2D eigenvalue weighted by atomic mass is 9.78. The molecule has 1 atom stereocenters. The van der Waals surface area contributed by atoms with Gasteiger partial charge in [-0.1, -0.05) is 11.6 Å². The lowest BCUT2D eigenvalue weighted by Gasteiger charge is -2.42. The average Bonchev–Trinajstić information content (AvgIpc) is 3.04. The molecule has 0 aromatic heterocycles. The Bertz CT molecular complexity index is 628. The Morgan fingerprint density at radius 3 is 2.85 bits per heavy atom. The minimum absolute atomic E-state index is 0.0346. The Labute approximate surface area is 160 Å². The third-order valence-corrected chi connectivity index (χ3v) is 6.05. The second-order valence-electron chi connectivity index (χ2n) is 7.02. The maximum atomic E-state index is 12.9. The highest BCUT2D eigenvalue weighted by atomic mass is 35.5. The molecule has 1 aromatic rings. The second kappa shape index (κ2) is 8.59.